The van der Waals surface area contributed by atoms with E-state index in [1.807, 2.05) is 6.92 Å². The Morgan fingerprint density at radius 1 is 1.09 bits per heavy atom. The highest BCUT2D eigenvalue weighted by Crippen LogP contribution is 2.71. The van der Waals surface area contributed by atoms with Crippen molar-refractivity contribution in [3.8, 4) is 17.4 Å². The number of alkyl halides is 3. The standard InChI is InChI=1S/C24H19F4N5O2/c1-12-4-16(19(30-7-12)21-31-9-15(25)10-32-21)22(34)33-11-14-5-23(14)6-17(20(23)33)35-18-3-2-13(8-29-18)24(26,27)28/h2-4,7-10,14,17,20H,5-6,11H2,1H3. The third-order valence-electron chi connectivity index (χ3n) is 7.24. The van der Waals surface area contributed by atoms with E-state index >= 15 is 0 Å². The number of carbonyl (C=O) groups excluding carboxylic acids is 1. The van der Waals surface area contributed by atoms with E-state index in [-0.39, 0.29) is 40.9 Å². The van der Waals surface area contributed by atoms with Crippen molar-refractivity contribution in [2.45, 2.75) is 38.1 Å². The number of aromatic nitrogens is 4. The van der Waals surface area contributed by atoms with E-state index in [0.717, 1.165) is 43.1 Å². The number of ether oxygens (including phenoxy) is 1. The van der Waals surface area contributed by atoms with Gasteiger partial charge in [0.2, 0.25) is 5.88 Å². The fourth-order valence-corrected chi connectivity index (χ4v) is 5.52. The number of nitrogens with zero attached hydrogens (tertiary/aromatic N) is 5. The average Bonchev–Trinajstić information content (AvgIpc) is 3.47. The van der Waals surface area contributed by atoms with Crippen LogP contribution in [0.2, 0.25) is 0 Å². The maximum Gasteiger partial charge on any atom is 0.417 e. The first-order valence-corrected chi connectivity index (χ1v) is 11.1. The molecule has 1 amide bonds. The van der Waals surface area contributed by atoms with E-state index in [9.17, 15) is 22.4 Å². The van der Waals surface area contributed by atoms with Crippen LogP contribution in [0.25, 0.3) is 11.5 Å². The third-order valence-corrected chi connectivity index (χ3v) is 7.24. The fraction of sp³-hybridized carbons (Fsp3) is 0.375. The number of aryl methyl sites for hydroxylation is 1. The molecule has 0 N–H and O–H groups in total. The molecule has 0 radical (unpaired) electrons. The maximum atomic E-state index is 13.7. The van der Waals surface area contributed by atoms with Crippen LogP contribution >= 0.6 is 0 Å². The minimum atomic E-state index is -4.48. The van der Waals surface area contributed by atoms with Gasteiger partial charge in [-0.3, -0.25) is 9.78 Å². The number of carbonyl (C=O) groups is 1. The van der Waals surface area contributed by atoms with Crippen LogP contribution in [0, 0.1) is 24.1 Å². The highest BCUT2D eigenvalue weighted by atomic mass is 19.4. The summed E-state index contributed by atoms with van der Waals surface area (Å²) in [5.74, 6) is -0.257. The molecule has 35 heavy (non-hydrogen) atoms. The number of pyridine rings is 2. The Labute approximate surface area is 197 Å². The van der Waals surface area contributed by atoms with E-state index in [4.69, 9.17) is 4.74 Å². The smallest absolute Gasteiger partial charge is 0.417 e. The Kier molecular flexibility index (Phi) is 4.64. The lowest BCUT2D eigenvalue weighted by Crippen LogP contribution is -2.59. The number of amides is 1. The van der Waals surface area contributed by atoms with Crippen LogP contribution in [0.1, 0.15) is 34.3 Å². The Hall–Kier alpha value is -3.63. The first kappa shape index (κ1) is 21.9. The van der Waals surface area contributed by atoms with Gasteiger partial charge in [0.15, 0.2) is 11.6 Å². The summed E-state index contributed by atoms with van der Waals surface area (Å²) in [5, 5.41) is 0. The van der Waals surface area contributed by atoms with Gasteiger partial charge in [0, 0.05) is 30.4 Å². The quantitative estimate of drug-likeness (QED) is 0.518. The van der Waals surface area contributed by atoms with Crippen LogP contribution in [0.4, 0.5) is 17.6 Å². The van der Waals surface area contributed by atoms with E-state index < -0.39 is 17.6 Å². The van der Waals surface area contributed by atoms with E-state index in [0.29, 0.717) is 18.0 Å². The van der Waals surface area contributed by atoms with Gasteiger partial charge in [-0.15, -0.1) is 0 Å². The van der Waals surface area contributed by atoms with Gasteiger partial charge in [-0.2, -0.15) is 13.2 Å². The predicted octanol–water partition coefficient (Wildman–Crippen LogP) is 4.08. The van der Waals surface area contributed by atoms with Gasteiger partial charge in [-0.05, 0) is 43.4 Å². The van der Waals surface area contributed by atoms with Crippen molar-refractivity contribution >= 4 is 5.91 Å². The molecule has 1 aliphatic heterocycles. The van der Waals surface area contributed by atoms with Gasteiger partial charge < -0.3 is 9.64 Å². The molecule has 6 rings (SSSR count). The normalized spacial score (nSPS) is 26.5. The van der Waals surface area contributed by atoms with Crippen molar-refractivity contribution in [3.63, 3.8) is 0 Å². The van der Waals surface area contributed by atoms with Crippen molar-refractivity contribution < 1.29 is 27.1 Å². The lowest BCUT2D eigenvalue weighted by molar-refractivity contribution is -0.137. The zero-order valence-electron chi connectivity index (χ0n) is 18.5. The second-order valence-corrected chi connectivity index (χ2v) is 9.41. The molecule has 3 aromatic rings. The van der Waals surface area contributed by atoms with Crippen LogP contribution in [0.3, 0.4) is 0 Å². The van der Waals surface area contributed by atoms with Gasteiger partial charge in [-0.25, -0.2) is 19.3 Å². The zero-order valence-corrected chi connectivity index (χ0v) is 18.5. The number of hydrogen-bond acceptors (Lipinski definition) is 6. The molecule has 1 spiro atoms. The molecule has 4 heterocycles. The number of hydrogen-bond donors (Lipinski definition) is 0. The van der Waals surface area contributed by atoms with E-state index in [1.165, 1.54) is 6.07 Å². The summed E-state index contributed by atoms with van der Waals surface area (Å²) in [7, 11) is 0. The van der Waals surface area contributed by atoms with Crippen LogP contribution in [-0.4, -0.2) is 49.4 Å². The molecular formula is C24H19F4N5O2. The molecule has 3 aromatic heterocycles. The molecule has 2 aliphatic carbocycles. The Morgan fingerprint density at radius 2 is 1.86 bits per heavy atom. The molecule has 3 aliphatic rings. The summed E-state index contributed by atoms with van der Waals surface area (Å²) < 4.78 is 57.8. The van der Waals surface area contributed by atoms with Gasteiger partial charge in [0.25, 0.3) is 5.91 Å². The predicted molar refractivity (Wildman–Crippen MR) is 114 cm³/mol. The van der Waals surface area contributed by atoms with Crippen LogP contribution < -0.4 is 4.74 Å². The topological polar surface area (TPSA) is 81.1 Å². The number of halogens is 4. The second-order valence-electron chi connectivity index (χ2n) is 9.41. The number of rotatable bonds is 4. The van der Waals surface area contributed by atoms with Crippen LogP contribution in [0.5, 0.6) is 5.88 Å². The maximum absolute atomic E-state index is 13.7. The summed E-state index contributed by atoms with van der Waals surface area (Å²) in [6.07, 6.45) is 1.23. The van der Waals surface area contributed by atoms with Gasteiger partial charge in [0.1, 0.15) is 11.8 Å². The fourth-order valence-electron chi connectivity index (χ4n) is 5.52. The Balaban J connectivity index is 1.27. The minimum absolute atomic E-state index is 0.0178. The Bertz CT molecular complexity index is 1310. The molecule has 11 heteroatoms. The first-order chi connectivity index (χ1) is 16.7. The summed E-state index contributed by atoms with van der Waals surface area (Å²) >= 11 is 0. The number of piperidine rings is 1. The first-order valence-electron chi connectivity index (χ1n) is 11.1. The van der Waals surface area contributed by atoms with Crippen LogP contribution in [0.15, 0.2) is 43.0 Å². The molecule has 7 nitrogen and oxygen atoms in total. The van der Waals surface area contributed by atoms with Crippen LogP contribution in [-0.2, 0) is 6.18 Å². The van der Waals surface area contributed by atoms with Crippen molar-refractivity contribution in [2.75, 3.05) is 6.54 Å². The van der Waals surface area contributed by atoms with E-state index in [2.05, 4.69) is 19.9 Å². The van der Waals surface area contributed by atoms with Gasteiger partial charge in [0.05, 0.1) is 29.6 Å². The minimum Gasteiger partial charge on any atom is -0.472 e. The summed E-state index contributed by atoms with van der Waals surface area (Å²) in [6.45, 7) is 2.37. The lowest BCUT2D eigenvalue weighted by atomic mass is 9.73. The van der Waals surface area contributed by atoms with Gasteiger partial charge >= 0.3 is 6.18 Å². The summed E-state index contributed by atoms with van der Waals surface area (Å²) in [6, 6.07) is 3.63. The monoisotopic (exact) mass is 485 g/mol. The summed E-state index contributed by atoms with van der Waals surface area (Å²) in [5.41, 5.74) is 0.476. The molecule has 4 unspecified atom stereocenters. The third kappa shape index (κ3) is 3.52. The number of likely N-dealkylation sites (tertiary alicyclic amines) is 1. The lowest BCUT2D eigenvalue weighted by Gasteiger charge is -2.47. The molecule has 0 aromatic carbocycles. The highest BCUT2D eigenvalue weighted by molar-refractivity contribution is 6.00. The molecule has 180 valence electrons. The van der Waals surface area contributed by atoms with Crippen molar-refractivity contribution in [1.29, 1.82) is 0 Å². The van der Waals surface area contributed by atoms with E-state index in [1.54, 1.807) is 17.2 Å². The van der Waals surface area contributed by atoms with Crippen molar-refractivity contribution in [1.82, 2.24) is 24.8 Å². The molecule has 0 bridgehead atoms. The molecule has 2 saturated carbocycles. The highest BCUT2D eigenvalue weighted by Gasteiger charge is 2.76. The molecule has 1 saturated heterocycles. The molecule has 3 fully saturated rings. The van der Waals surface area contributed by atoms with Crippen molar-refractivity contribution in [2.24, 2.45) is 11.3 Å². The average molecular weight is 485 g/mol. The Morgan fingerprint density at radius 3 is 2.54 bits per heavy atom. The van der Waals surface area contributed by atoms with Gasteiger partial charge in [-0.1, -0.05) is 0 Å². The second kappa shape index (κ2) is 7.43. The summed E-state index contributed by atoms with van der Waals surface area (Å²) in [4.78, 5) is 31.6. The van der Waals surface area contributed by atoms with Crippen molar-refractivity contribution in [3.05, 3.63) is 65.5 Å². The molecule has 4 atom stereocenters. The largest absolute Gasteiger partial charge is 0.472 e. The zero-order chi connectivity index (χ0) is 24.5. The molecular weight excluding hydrogens is 466 g/mol. The SMILES string of the molecule is Cc1cnc(-c2ncc(F)cn2)c(C(=O)N2CC3CC34CC(Oc3ccc(C(F)(F)F)cn3)C24)c1.